The molecule has 0 aliphatic rings. The summed E-state index contributed by atoms with van der Waals surface area (Å²) in [6.45, 7) is 2.21. The van der Waals surface area contributed by atoms with Crippen molar-refractivity contribution in [3.05, 3.63) is 53.9 Å². The monoisotopic (exact) mass is 354 g/mol. The van der Waals surface area contributed by atoms with Gasteiger partial charge < -0.3 is 10.6 Å². The summed E-state index contributed by atoms with van der Waals surface area (Å²) in [7, 11) is 0. The zero-order chi connectivity index (χ0) is 17.6. The fraction of sp³-hybridized carbons (Fsp3) is 0.222. The van der Waals surface area contributed by atoms with Crippen LogP contribution in [0.25, 0.3) is 10.2 Å². The summed E-state index contributed by atoms with van der Waals surface area (Å²) < 4.78 is 0.946. The summed E-state index contributed by atoms with van der Waals surface area (Å²) in [5.74, 6) is -0.123. The number of benzene rings is 1. The van der Waals surface area contributed by atoms with Gasteiger partial charge in [0, 0.05) is 12.6 Å². The number of nitrogens with zero attached hydrogens (tertiary/aromatic N) is 2. The molecule has 2 aromatic heterocycles. The van der Waals surface area contributed by atoms with E-state index in [0.29, 0.717) is 18.1 Å². The molecule has 128 valence electrons. The molecule has 0 fully saturated rings. The molecule has 3 rings (SSSR count). The molecule has 0 atom stereocenters. The van der Waals surface area contributed by atoms with E-state index in [9.17, 15) is 9.59 Å². The van der Waals surface area contributed by atoms with E-state index in [1.165, 1.54) is 11.3 Å². The summed E-state index contributed by atoms with van der Waals surface area (Å²) in [5, 5.41) is 6.21. The second kappa shape index (κ2) is 7.85. The van der Waals surface area contributed by atoms with Crippen LogP contribution < -0.4 is 10.6 Å². The molecule has 25 heavy (non-hydrogen) atoms. The maximum atomic E-state index is 12.1. The molecular formula is C18H18N4O2S. The van der Waals surface area contributed by atoms with Gasteiger partial charge in [-0.15, -0.1) is 0 Å². The van der Waals surface area contributed by atoms with E-state index in [2.05, 4.69) is 20.6 Å². The predicted octanol–water partition coefficient (Wildman–Crippen LogP) is 2.90. The van der Waals surface area contributed by atoms with Crippen molar-refractivity contribution in [2.24, 2.45) is 0 Å². The zero-order valence-electron chi connectivity index (χ0n) is 13.8. The first-order valence-corrected chi connectivity index (χ1v) is 8.81. The lowest BCUT2D eigenvalue weighted by Gasteiger charge is -2.05. The van der Waals surface area contributed by atoms with E-state index in [-0.39, 0.29) is 18.2 Å². The number of anilines is 1. The van der Waals surface area contributed by atoms with Crippen LogP contribution in [0, 0.1) is 0 Å². The zero-order valence-corrected chi connectivity index (χ0v) is 14.6. The van der Waals surface area contributed by atoms with Gasteiger partial charge in [0.25, 0.3) is 0 Å². The molecule has 0 unspecified atom stereocenters. The Morgan fingerprint density at radius 3 is 2.80 bits per heavy atom. The Kier molecular flexibility index (Phi) is 5.35. The lowest BCUT2D eigenvalue weighted by atomic mass is 10.1. The molecule has 2 N–H and O–H groups in total. The first-order chi connectivity index (χ1) is 12.1. The van der Waals surface area contributed by atoms with Gasteiger partial charge in [-0.05, 0) is 29.8 Å². The molecule has 2 heterocycles. The number of nitrogens with one attached hydrogen (secondary N) is 2. The molecule has 0 bridgehead atoms. The Morgan fingerprint density at radius 2 is 2.04 bits per heavy atom. The number of carbonyl (C=O) groups is 2. The smallest absolute Gasteiger partial charge is 0.225 e. The number of hydrogen-bond donors (Lipinski definition) is 2. The number of carbonyl (C=O) groups excluding carboxylic acids is 2. The topological polar surface area (TPSA) is 84.0 Å². The van der Waals surface area contributed by atoms with Gasteiger partial charge in [0.2, 0.25) is 11.8 Å². The second-order valence-electron chi connectivity index (χ2n) is 5.50. The maximum Gasteiger partial charge on any atom is 0.225 e. The molecule has 3 aromatic rings. The third-order valence-electron chi connectivity index (χ3n) is 3.58. The molecule has 7 heteroatoms. The third kappa shape index (κ3) is 4.60. The average molecular weight is 354 g/mol. The number of rotatable bonds is 6. The Labute approximate surface area is 149 Å². The molecule has 0 saturated heterocycles. The van der Waals surface area contributed by atoms with Crippen molar-refractivity contribution in [2.45, 2.75) is 26.3 Å². The van der Waals surface area contributed by atoms with Crippen molar-refractivity contribution >= 4 is 38.5 Å². The molecule has 6 nitrogen and oxygen atoms in total. The summed E-state index contributed by atoms with van der Waals surface area (Å²) in [6.07, 6.45) is 2.41. The van der Waals surface area contributed by atoms with Crippen molar-refractivity contribution in [1.82, 2.24) is 15.3 Å². The van der Waals surface area contributed by atoms with Crippen molar-refractivity contribution in [1.29, 1.82) is 0 Å². The summed E-state index contributed by atoms with van der Waals surface area (Å²) in [4.78, 5) is 32.1. The average Bonchev–Trinajstić information content (AvgIpc) is 3.02. The minimum absolute atomic E-state index is 0.0611. The Balaban J connectivity index is 1.63. The van der Waals surface area contributed by atoms with Gasteiger partial charge in [0.1, 0.15) is 0 Å². The Hall–Kier alpha value is -2.80. The van der Waals surface area contributed by atoms with E-state index in [0.717, 1.165) is 21.5 Å². The second-order valence-corrected chi connectivity index (χ2v) is 6.53. The Bertz CT molecular complexity index is 892. The van der Waals surface area contributed by atoms with Gasteiger partial charge in [-0.3, -0.25) is 14.6 Å². The SMILES string of the molecule is CCC(=O)Nc1nc2ccc(CC(=O)NCc3ccccn3)cc2s1. The van der Waals surface area contributed by atoms with E-state index in [1.54, 1.807) is 13.1 Å². The van der Waals surface area contributed by atoms with Crippen molar-refractivity contribution in [2.75, 3.05) is 5.32 Å². The van der Waals surface area contributed by atoms with Gasteiger partial charge >= 0.3 is 0 Å². The largest absolute Gasteiger partial charge is 0.350 e. The first kappa shape index (κ1) is 17.0. The predicted molar refractivity (Wildman–Crippen MR) is 98.3 cm³/mol. The summed E-state index contributed by atoms with van der Waals surface area (Å²) in [6, 6.07) is 11.3. The highest BCUT2D eigenvalue weighted by Gasteiger charge is 2.09. The van der Waals surface area contributed by atoms with Crippen LogP contribution in [0.15, 0.2) is 42.6 Å². The number of thiazole rings is 1. The summed E-state index contributed by atoms with van der Waals surface area (Å²) >= 11 is 1.41. The standard InChI is InChI=1S/C18H18N4O2S/c1-2-16(23)22-18-21-14-7-6-12(9-15(14)25-18)10-17(24)20-11-13-5-3-4-8-19-13/h3-9H,2,10-11H2,1H3,(H,20,24)(H,21,22,23). The van der Waals surface area contributed by atoms with Crippen LogP contribution in [0.2, 0.25) is 0 Å². The normalized spacial score (nSPS) is 10.6. The van der Waals surface area contributed by atoms with E-state index in [4.69, 9.17) is 0 Å². The third-order valence-corrected chi connectivity index (χ3v) is 4.51. The first-order valence-electron chi connectivity index (χ1n) is 8.00. The van der Waals surface area contributed by atoms with Gasteiger partial charge in [-0.1, -0.05) is 30.4 Å². The van der Waals surface area contributed by atoms with E-state index >= 15 is 0 Å². The molecule has 2 amide bonds. The highest BCUT2D eigenvalue weighted by Crippen LogP contribution is 2.27. The van der Waals surface area contributed by atoms with Gasteiger partial charge in [-0.2, -0.15) is 0 Å². The van der Waals surface area contributed by atoms with Crippen molar-refractivity contribution in [3.8, 4) is 0 Å². The molecule has 0 aliphatic carbocycles. The minimum Gasteiger partial charge on any atom is -0.350 e. The van der Waals surface area contributed by atoms with Crippen LogP contribution in [0.4, 0.5) is 5.13 Å². The fourth-order valence-electron chi connectivity index (χ4n) is 2.28. The number of hydrogen-bond acceptors (Lipinski definition) is 5. The fourth-order valence-corrected chi connectivity index (χ4v) is 3.23. The maximum absolute atomic E-state index is 12.1. The van der Waals surface area contributed by atoms with Crippen molar-refractivity contribution < 1.29 is 9.59 Å². The lowest BCUT2D eigenvalue weighted by Crippen LogP contribution is -2.24. The molecule has 0 radical (unpaired) electrons. The molecule has 0 spiro atoms. The van der Waals surface area contributed by atoms with E-state index in [1.807, 2.05) is 36.4 Å². The van der Waals surface area contributed by atoms with Crippen LogP contribution in [-0.2, 0) is 22.6 Å². The lowest BCUT2D eigenvalue weighted by molar-refractivity contribution is -0.120. The number of pyridine rings is 1. The number of fused-ring (bicyclic) bond motifs is 1. The van der Waals surface area contributed by atoms with Crippen LogP contribution in [-0.4, -0.2) is 21.8 Å². The quantitative estimate of drug-likeness (QED) is 0.713. The van der Waals surface area contributed by atoms with Gasteiger partial charge in [0.05, 0.1) is 28.9 Å². The van der Waals surface area contributed by atoms with Crippen LogP contribution in [0.5, 0.6) is 0 Å². The van der Waals surface area contributed by atoms with Gasteiger partial charge in [0.15, 0.2) is 5.13 Å². The molecular weight excluding hydrogens is 336 g/mol. The number of aromatic nitrogens is 2. The van der Waals surface area contributed by atoms with Crippen LogP contribution >= 0.6 is 11.3 Å². The summed E-state index contributed by atoms with van der Waals surface area (Å²) in [5.41, 5.74) is 2.54. The minimum atomic E-state index is -0.0619. The van der Waals surface area contributed by atoms with Crippen LogP contribution in [0.3, 0.4) is 0 Å². The molecule has 0 aliphatic heterocycles. The van der Waals surface area contributed by atoms with Crippen molar-refractivity contribution in [3.63, 3.8) is 0 Å². The van der Waals surface area contributed by atoms with Crippen LogP contribution in [0.1, 0.15) is 24.6 Å². The molecule has 1 aromatic carbocycles. The molecule has 0 saturated carbocycles. The van der Waals surface area contributed by atoms with E-state index < -0.39 is 0 Å². The Morgan fingerprint density at radius 1 is 1.16 bits per heavy atom. The van der Waals surface area contributed by atoms with Gasteiger partial charge in [-0.25, -0.2) is 4.98 Å². The number of amides is 2. The highest BCUT2D eigenvalue weighted by atomic mass is 32.1. The highest BCUT2D eigenvalue weighted by molar-refractivity contribution is 7.22.